The number of nitrogens with zero attached hydrogens (tertiary/aromatic N) is 1. The van der Waals surface area contributed by atoms with Crippen LogP contribution < -0.4 is 5.32 Å². The Hall–Kier alpha value is -3.15. The summed E-state index contributed by atoms with van der Waals surface area (Å²) >= 11 is 0. The Bertz CT molecular complexity index is 903. The van der Waals surface area contributed by atoms with Crippen LogP contribution in [-0.4, -0.2) is 46.4 Å². The molecule has 1 unspecified atom stereocenters. The molecule has 2 fully saturated rings. The minimum absolute atomic E-state index is 0.0528. The van der Waals surface area contributed by atoms with Crippen molar-refractivity contribution in [3.05, 3.63) is 71.8 Å². The van der Waals surface area contributed by atoms with Crippen molar-refractivity contribution in [2.75, 3.05) is 6.54 Å². The maximum atomic E-state index is 13.7. The highest BCUT2D eigenvalue weighted by Crippen LogP contribution is 2.32. The number of carbonyl (C=O) groups is 3. The van der Waals surface area contributed by atoms with Crippen LogP contribution in [0.1, 0.15) is 55.6 Å². The van der Waals surface area contributed by atoms with E-state index in [9.17, 15) is 19.5 Å². The van der Waals surface area contributed by atoms with Crippen molar-refractivity contribution in [2.24, 2.45) is 5.92 Å². The first-order chi connectivity index (χ1) is 15.5. The number of likely N-dealkylation sites (tertiary alicyclic amines) is 1. The summed E-state index contributed by atoms with van der Waals surface area (Å²) in [6.07, 6.45) is 5.21. The molecule has 6 heteroatoms. The van der Waals surface area contributed by atoms with Crippen LogP contribution in [0.25, 0.3) is 0 Å². The van der Waals surface area contributed by atoms with Gasteiger partial charge in [-0.3, -0.25) is 9.59 Å². The Morgan fingerprint density at radius 1 is 0.969 bits per heavy atom. The lowest BCUT2D eigenvalue weighted by molar-refractivity contribution is -0.148. The van der Waals surface area contributed by atoms with Crippen molar-refractivity contribution in [1.29, 1.82) is 0 Å². The molecule has 1 heterocycles. The second-order valence-corrected chi connectivity index (χ2v) is 8.93. The van der Waals surface area contributed by atoms with Gasteiger partial charge in [0.25, 0.3) is 0 Å². The molecule has 32 heavy (non-hydrogen) atoms. The van der Waals surface area contributed by atoms with Crippen LogP contribution in [0.5, 0.6) is 0 Å². The van der Waals surface area contributed by atoms with Crippen LogP contribution in [0.15, 0.2) is 60.7 Å². The normalized spacial score (nSPS) is 20.7. The number of carbonyl (C=O) groups excluding carboxylic acids is 2. The third-order valence-corrected chi connectivity index (χ3v) is 6.75. The van der Waals surface area contributed by atoms with Gasteiger partial charge < -0.3 is 15.3 Å². The van der Waals surface area contributed by atoms with E-state index in [-0.39, 0.29) is 30.8 Å². The average Bonchev–Trinajstić information content (AvgIpc) is 3.18. The Kier molecular flexibility index (Phi) is 6.88. The summed E-state index contributed by atoms with van der Waals surface area (Å²) in [5.41, 5.74) is 1.64. The van der Waals surface area contributed by atoms with Crippen molar-refractivity contribution in [2.45, 2.75) is 56.5 Å². The van der Waals surface area contributed by atoms with E-state index in [2.05, 4.69) is 5.32 Å². The molecular formula is C26H30N2O4. The van der Waals surface area contributed by atoms with E-state index in [1.165, 1.54) is 24.2 Å². The van der Waals surface area contributed by atoms with E-state index < -0.39 is 17.9 Å². The minimum atomic E-state index is -1.04. The fourth-order valence-corrected chi connectivity index (χ4v) is 4.77. The second kappa shape index (κ2) is 9.98. The van der Waals surface area contributed by atoms with Crippen LogP contribution in [-0.2, 0) is 14.4 Å². The van der Waals surface area contributed by atoms with E-state index in [0.717, 1.165) is 17.5 Å². The molecule has 1 aliphatic carbocycles. The van der Waals surface area contributed by atoms with Gasteiger partial charge in [-0.25, -0.2) is 4.79 Å². The molecule has 0 spiro atoms. The lowest BCUT2D eigenvalue weighted by Gasteiger charge is -2.27. The molecule has 2 aliphatic rings. The monoisotopic (exact) mass is 434 g/mol. The first-order valence-electron chi connectivity index (χ1n) is 11.5. The highest BCUT2D eigenvalue weighted by atomic mass is 16.4. The molecule has 0 bridgehead atoms. The quantitative estimate of drug-likeness (QED) is 0.665. The Morgan fingerprint density at radius 3 is 2.06 bits per heavy atom. The second-order valence-electron chi connectivity index (χ2n) is 8.93. The van der Waals surface area contributed by atoms with E-state index in [0.29, 0.717) is 12.3 Å². The van der Waals surface area contributed by atoms with Gasteiger partial charge in [0.05, 0.1) is 5.92 Å². The Morgan fingerprint density at radius 2 is 1.56 bits per heavy atom. The first kappa shape index (κ1) is 22.1. The molecule has 2 aromatic rings. The maximum absolute atomic E-state index is 13.7. The number of rotatable bonds is 8. The molecule has 0 radical (unpaired) electrons. The standard InChI is InChI=1S/C26H30N2O4/c29-23(15-14-18-8-7-9-18)27-21-16-22(26(31)32)28(17-21)25(30)24(19-10-3-1-4-11-19)20-12-5-2-6-13-20/h1-6,10-13,18,21-22,24H,7-9,14-17H2,(H,27,29)(H,31,32)/t21-,22?/m0/s1. The van der Waals surface area contributed by atoms with Gasteiger partial charge in [-0.05, 0) is 23.5 Å². The summed E-state index contributed by atoms with van der Waals surface area (Å²) in [6, 6.07) is 17.6. The molecule has 2 N–H and O–H groups in total. The number of aliphatic carboxylic acids is 1. The Labute approximate surface area is 188 Å². The lowest BCUT2D eigenvalue weighted by atomic mass is 9.82. The van der Waals surface area contributed by atoms with Gasteiger partial charge in [-0.2, -0.15) is 0 Å². The van der Waals surface area contributed by atoms with E-state index >= 15 is 0 Å². The number of benzene rings is 2. The molecule has 168 valence electrons. The average molecular weight is 435 g/mol. The van der Waals surface area contributed by atoms with Crippen molar-refractivity contribution in [3.63, 3.8) is 0 Å². The molecule has 1 saturated carbocycles. The van der Waals surface area contributed by atoms with Crippen LogP contribution >= 0.6 is 0 Å². The number of nitrogens with one attached hydrogen (secondary N) is 1. The summed E-state index contributed by atoms with van der Waals surface area (Å²) in [7, 11) is 0. The number of hydrogen-bond acceptors (Lipinski definition) is 3. The van der Waals surface area contributed by atoms with Gasteiger partial charge in [-0.1, -0.05) is 79.9 Å². The molecule has 6 nitrogen and oxygen atoms in total. The van der Waals surface area contributed by atoms with Gasteiger partial charge >= 0.3 is 5.97 Å². The highest BCUT2D eigenvalue weighted by Gasteiger charge is 2.42. The Balaban J connectivity index is 1.50. The topological polar surface area (TPSA) is 86.7 Å². The van der Waals surface area contributed by atoms with Gasteiger partial charge in [0.2, 0.25) is 11.8 Å². The van der Waals surface area contributed by atoms with Crippen LogP contribution in [0.3, 0.4) is 0 Å². The third-order valence-electron chi connectivity index (χ3n) is 6.75. The van der Waals surface area contributed by atoms with Gasteiger partial charge in [0.15, 0.2) is 0 Å². The fraction of sp³-hybridized carbons (Fsp3) is 0.423. The van der Waals surface area contributed by atoms with Gasteiger partial charge in [-0.15, -0.1) is 0 Å². The van der Waals surface area contributed by atoms with Crippen molar-refractivity contribution in [3.8, 4) is 0 Å². The van der Waals surface area contributed by atoms with Crippen LogP contribution in [0, 0.1) is 5.92 Å². The fourth-order valence-electron chi connectivity index (χ4n) is 4.77. The smallest absolute Gasteiger partial charge is 0.326 e. The molecule has 2 amide bonds. The molecule has 1 saturated heterocycles. The van der Waals surface area contributed by atoms with Crippen LogP contribution in [0.4, 0.5) is 0 Å². The largest absolute Gasteiger partial charge is 0.480 e. The predicted octanol–water partition coefficient (Wildman–Crippen LogP) is 3.57. The van der Waals surface area contributed by atoms with Crippen molar-refractivity contribution in [1.82, 2.24) is 10.2 Å². The first-order valence-corrected chi connectivity index (χ1v) is 11.5. The van der Waals surface area contributed by atoms with Crippen LogP contribution in [0.2, 0.25) is 0 Å². The highest BCUT2D eigenvalue weighted by molar-refractivity contribution is 5.91. The summed E-state index contributed by atoms with van der Waals surface area (Å²) in [4.78, 5) is 39.5. The molecule has 2 atom stereocenters. The number of amides is 2. The summed E-state index contributed by atoms with van der Waals surface area (Å²) in [5, 5.41) is 12.8. The minimum Gasteiger partial charge on any atom is -0.480 e. The van der Waals surface area contributed by atoms with Gasteiger partial charge in [0, 0.05) is 25.4 Å². The zero-order valence-electron chi connectivity index (χ0n) is 18.2. The van der Waals surface area contributed by atoms with Crippen molar-refractivity contribution >= 4 is 17.8 Å². The number of carboxylic acid groups (broad SMARTS) is 1. The maximum Gasteiger partial charge on any atom is 0.326 e. The molecule has 4 rings (SSSR count). The SMILES string of the molecule is O=C(CCC1CCC1)N[C@H]1CC(C(=O)O)N(C(=O)C(c2ccccc2)c2ccccc2)C1. The van der Waals surface area contributed by atoms with Gasteiger partial charge in [0.1, 0.15) is 6.04 Å². The molecule has 0 aromatic heterocycles. The zero-order chi connectivity index (χ0) is 22.5. The predicted molar refractivity (Wildman–Crippen MR) is 121 cm³/mol. The molecule has 2 aromatic carbocycles. The number of carboxylic acids is 1. The number of hydrogen-bond donors (Lipinski definition) is 2. The molecular weight excluding hydrogens is 404 g/mol. The molecule has 1 aliphatic heterocycles. The summed E-state index contributed by atoms with van der Waals surface area (Å²) in [6.45, 7) is 0.209. The van der Waals surface area contributed by atoms with Crippen molar-refractivity contribution < 1.29 is 19.5 Å². The third kappa shape index (κ3) is 5.01. The zero-order valence-corrected chi connectivity index (χ0v) is 18.2. The summed E-state index contributed by atoms with van der Waals surface area (Å²) in [5.74, 6) is -1.28. The van der Waals surface area contributed by atoms with E-state index in [1.807, 2.05) is 60.7 Å². The summed E-state index contributed by atoms with van der Waals surface area (Å²) < 4.78 is 0. The lowest BCUT2D eigenvalue weighted by Crippen LogP contribution is -2.44. The van der Waals surface area contributed by atoms with E-state index in [1.54, 1.807) is 0 Å². The van der Waals surface area contributed by atoms with E-state index in [4.69, 9.17) is 0 Å².